The summed E-state index contributed by atoms with van der Waals surface area (Å²) >= 11 is 5.82. The third kappa shape index (κ3) is 4.80. The maximum Gasteiger partial charge on any atom is 0.325 e. The molecule has 1 fully saturated rings. The maximum absolute atomic E-state index is 13.0. The molecule has 0 bridgehead atoms. The number of ketones is 1. The van der Waals surface area contributed by atoms with E-state index in [4.69, 9.17) is 16.3 Å². The van der Waals surface area contributed by atoms with Crippen LogP contribution in [0.15, 0.2) is 47.9 Å². The van der Waals surface area contributed by atoms with Gasteiger partial charge in [0.05, 0.1) is 11.0 Å². The molecule has 10 heteroatoms. The molecule has 2 aromatic rings. The third-order valence-electron chi connectivity index (χ3n) is 5.46. The molecule has 1 saturated heterocycles. The van der Waals surface area contributed by atoms with Crippen molar-refractivity contribution in [1.82, 2.24) is 8.87 Å². The van der Waals surface area contributed by atoms with Gasteiger partial charge < -0.3 is 14.4 Å². The summed E-state index contributed by atoms with van der Waals surface area (Å²) in [6, 6.07) is 5.99. The summed E-state index contributed by atoms with van der Waals surface area (Å²) in [6.07, 6.45) is 0.575. The van der Waals surface area contributed by atoms with E-state index >= 15 is 0 Å². The zero-order valence-electron chi connectivity index (χ0n) is 17.8. The first-order valence-electron chi connectivity index (χ1n) is 9.99. The number of esters is 1. The fourth-order valence-electron chi connectivity index (χ4n) is 3.81. The number of aromatic nitrogens is 1. The molecule has 8 nitrogen and oxygen atoms in total. The number of sulfonamides is 1. The van der Waals surface area contributed by atoms with Crippen LogP contribution in [0.3, 0.4) is 0 Å². The average molecular weight is 481 g/mol. The lowest BCUT2D eigenvalue weighted by Gasteiger charge is -2.22. The van der Waals surface area contributed by atoms with E-state index in [9.17, 15) is 23.1 Å². The number of nitrogens with zero attached hydrogens (tertiary/aromatic N) is 2. The number of carbonyl (C=O) groups excluding carboxylic acids is 2. The van der Waals surface area contributed by atoms with Crippen molar-refractivity contribution in [3.05, 3.63) is 65.0 Å². The molecule has 0 radical (unpaired) electrons. The summed E-state index contributed by atoms with van der Waals surface area (Å²) in [7, 11) is -4.07. The topological polar surface area (TPSA) is 106 Å². The number of aryl methyl sites for hydroxylation is 1. The van der Waals surface area contributed by atoms with Gasteiger partial charge in [0.15, 0.2) is 6.61 Å². The number of carbonyl (C=O) groups is 2. The fraction of sp³-hybridized carbons (Fsp3) is 0.364. The summed E-state index contributed by atoms with van der Waals surface area (Å²) in [6.45, 7) is 7.12. The van der Waals surface area contributed by atoms with Gasteiger partial charge in [0.2, 0.25) is 15.8 Å². The SMILES string of the molecule is C=CCn1c(C)cc(C(=O)COC(=O)[C@@H]2C[C@H](O)CN2S(=O)(=O)c2ccc(Cl)cc2)c1C. The van der Waals surface area contributed by atoms with E-state index < -0.39 is 40.5 Å². The van der Waals surface area contributed by atoms with E-state index in [-0.39, 0.29) is 17.9 Å². The molecule has 1 N–H and O–H groups in total. The normalized spacial score (nSPS) is 19.1. The third-order valence-corrected chi connectivity index (χ3v) is 7.60. The molecular weight excluding hydrogens is 456 g/mol. The molecule has 0 spiro atoms. The quantitative estimate of drug-likeness (QED) is 0.353. The highest BCUT2D eigenvalue weighted by Gasteiger charge is 2.44. The second-order valence-electron chi connectivity index (χ2n) is 7.65. The van der Waals surface area contributed by atoms with Crippen molar-refractivity contribution in [1.29, 1.82) is 0 Å². The molecule has 1 aromatic carbocycles. The van der Waals surface area contributed by atoms with Crippen LogP contribution in [0, 0.1) is 13.8 Å². The van der Waals surface area contributed by atoms with Gasteiger partial charge in [0.1, 0.15) is 6.04 Å². The van der Waals surface area contributed by atoms with E-state index in [0.29, 0.717) is 17.1 Å². The molecule has 2 heterocycles. The van der Waals surface area contributed by atoms with Gasteiger partial charge in [-0.15, -0.1) is 6.58 Å². The number of Topliss-reactive ketones (excluding diaryl/α,β-unsaturated/α-hetero) is 1. The second kappa shape index (κ2) is 9.58. The Morgan fingerprint density at radius 2 is 1.94 bits per heavy atom. The minimum atomic E-state index is -4.07. The Labute approximate surface area is 192 Å². The van der Waals surface area contributed by atoms with E-state index in [0.717, 1.165) is 15.7 Å². The standard InChI is InChI=1S/C22H25ClN2O6S/c1-4-9-24-14(2)10-19(15(24)3)21(27)13-31-22(28)20-11-17(26)12-25(20)32(29,30)18-7-5-16(23)6-8-18/h4-8,10,17,20,26H,1,9,11-13H2,2-3H3/t17-,20-/m0/s1. The number of β-amino-alcohol motifs (C(OH)–C–C–N with tert-alkyl or cyclic N) is 1. The molecule has 32 heavy (non-hydrogen) atoms. The van der Waals surface area contributed by atoms with E-state index in [1.165, 1.54) is 24.3 Å². The maximum atomic E-state index is 13.0. The Hall–Kier alpha value is -2.46. The fourth-order valence-corrected chi connectivity index (χ4v) is 5.56. The second-order valence-corrected chi connectivity index (χ2v) is 9.98. The van der Waals surface area contributed by atoms with E-state index in [2.05, 4.69) is 6.58 Å². The van der Waals surface area contributed by atoms with Crippen LogP contribution in [0.2, 0.25) is 5.02 Å². The lowest BCUT2D eigenvalue weighted by Crippen LogP contribution is -2.41. The molecule has 1 aliphatic heterocycles. The number of halogens is 1. The molecule has 0 amide bonds. The number of aliphatic hydroxyl groups is 1. The lowest BCUT2D eigenvalue weighted by atomic mass is 10.1. The van der Waals surface area contributed by atoms with Crippen LogP contribution in [0.25, 0.3) is 0 Å². The first kappa shape index (κ1) is 24.2. The summed E-state index contributed by atoms with van der Waals surface area (Å²) in [4.78, 5) is 25.3. The number of allylic oxidation sites excluding steroid dienone is 1. The molecular formula is C22H25ClN2O6S. The van der Waals surface area contributed by atoms with Crippen molar-refractivity contribution >= 4 is 33.4 Å². The number of rotatable bonds is 8. The number of hydrogen-bond donors (Lipinski definition) is 1. The van der Waals surface area contributed by atoms with Gasteiger partial charge in [0.25, 0.3) is 0 Å². The van der Waals surface area contributed by atoms with Crippen molar-refractivity contribution in [2.24, 2.45) is 0 Å². The predicted octanol–water partition coefficient (Wildman–Crippen LogP) is 2.49. The highest BCUT2D eigenvalue weighted by atomic mass is 35.5. The van der Waals surface area contributed by atoms with Crippen LogP contribution < -0.4 is 0 Å². The monoisotopic (exact) mass is 480 g/mol. The van der Waals surface area contributed by atoms with Crippen molar-refractivity contribution in [2.45, 2.75) is 43.9 Å². The van der Waals surface area contributed by atoms with Crippen LogP contribution in [-0.4, -0.2) is 59.4 Å². The smallest absolute Gasteiger partial charge is 0.325 e. The van der Waals surface area contributed by atoms with Gasteiger partial charge in [-0.3, -0.25) is 9.59 Å². The van der Waals surface area contributed by atoms with Crippen LogP contribution in [0.1, 0.15) is 28.2 Å². The number of benzene rings is 1. The molecule has 0 saturated carbocycles. The molecule has 2 atom stereocenters. The molecule has 0 unspecified atom stereocenters. The number of ether oxygens (including phenoxy) is 1. The van der Waals surface area contributed by atoms with Gasteiger partial charge in [-0.2, -0.15) is 4.31 Å². The van der Waals surface area contributed by atoms with Crippen LogP contribution >= 0.6 is 11.6 Å². The average Bonchev–Trinajstić information content (AvgIpc) is 3.28. The van der Waals surface area contributed by atoms with Gasteiger partial charge >= 0.3 is 5.97 Å². The Kier molecular flexibility index (Phi) is 7.24. The number of aliphatic hydroxyl groups excluding tert-OH is 1. The van der Waals surface area contributed by atoms with Gasteiger partial charge in [-0.1, -0.05) is 17.7 Å². The summed E-state index contributed by atoms with van der Waals surface area (Å²) < 4.78 is 34.0. The highest BCUT2D eigenvalue weighted by Crippen LogP contribution is 2.28. The Balaban J connectivity index is 1.74. The number of hydrogen-bond acceptors (Lipinski definition) is 6. The Morgan fingerprint density at radius 3 is 2.56 bits per heavy atom. The van der Waals surface area contributed by atoms with Crippen molar-refractivity contribution < 1.29 is 27.9 Å². The first-order valence-corrected chi connectivity index (χ1v) is 11.8. The van der Waals surface area contributed by atoms with Crippen molar-refractivity contribution in [2.75, 3.05) is 13.2 Å². The minimum absolute atomic E-state index is 0.0560. The molecule has 3 rings (SSSR count). The molecule has 0 aliphatic carbocycles. The zero-order chi connectivity index (χ0) is 23.6. The molecule has 1 aliphatic rings. The van der Waals surface area contributed by atoms with Crippen LogP contribution in [0.4, 0.5) is 0 Å². The van der Waals surface area contributed by atoms with E-state index in [1.54, 1.807) is 19.1 Å². The van der Waals surface area contributed by atoms with Gasteiger partial charge in [-0.05, 0) is 44.2 Å². The van der Waals surface area contributed by atoms with Gasteiger partial charge in [0, 0.05) is 41.5 Å². The van der Waals surface area contributed by atoms with Crippen LogP contribution in [-0.2, 0) is 26.1 Å². The Morgan fingerprint density at radius 1 is 1.28 bits per heavy atom. The minimum Gasteiger partial charge on any atom is -0.456 e. The summed E-state index contributed by atoms with van der Waals surface area (Å²) in [5, 5.41) is 10.4. The molecule has 1 aromatic heterocycles. The summed E-state index contributed by atoms with van der Waals surface area (Å²) in [5.74, 6) is -1.28. The first-order chi connectivity index (χ1) is 15.1. The van der Waals surface area contributed by atoms with Gasteiger partial charge in [-0.25, -0.2) is 8.42 Å². The largest absolute Gasteiger partial charge is 0.456 e. The lowest BCUT2D eigenvalue weighted by molar-refractivity contribution is -0.146. The highest BCUT2D eigenvalue weighted by molar-refractivity contribution is 7.89. The zero-order valence-corrected chi connectivity index (χ0v) is 19.4. The van der Waals surface area contributed by atoms with E-state index in [1.807, 2.05) is 11.5 Å². The van der Waals surface area contributed by atoms with Crippen molar-refractivity contribution in [3.8, 4) is 0 Å². The van der Waals surface area contributed by atoms with Crippen molar-refractivity contribution in [3.63, 3.8) is 0 Å². The van der Waals surface area contributed by atoms with Crippen LogP contribution in [0.5, 0.6) is 0 Å². The molecule has 172 valence electrons. The predicted molar refractivity (Wildman–Crippen MR) is 119 cm³/mol. The Bertz CT molecular complexity index is 1140. The summed E-state index contributed by atoms with van der Waals surface area (Å²) in [5.41, 5.74) is 2.03.